The average molecular weight is 392 g/mol. The number of halogens is 1. The summed E-state index contributed by atoms with van der Waals surface area (Å²) in [6, 6.07) is 9.35. The zero-order valence-electron chi connectivity index (χ0n) is 14.7. The summed E-state index contributed by atoms with van der Waals surface area (Å²) in [6.45, 7) is -0.474. The second kappa shape index (κ2) is 9.49. The van der Waals surface area contributed by atoms with E-state index >= 15 is 0 Å². The lowest BCUT2D eigenvalue weighted by atomic mass is 10.2. The molecule has 7 nitrogen and oxygen atoms in total. The van der Waals surface area contributed by atoms with E-state index in [1.54, 1.807) is 24.3 Å². The number of carbonyl (C=O) groups excluding carboxylic acids is 2. The minimum Gasteiger partial charge on any atom is -0.504 e. The summed E-state index contributed by atoms with van der Waals surface area (Å²) in [5.41, 5.74) is 0.993. The Morgan fingerprint density at radius 2 is 1.85 bits per heavy atom. The van der Waals surface area contributed by atoms with Crippen molar-refractivity contribution < 1.29 is 28.9 Å². The van der Waals surface area contributed by atoms with Crippen LogP contribution in [0.1, 0.15) is 5.56 Å². The van der Waals surface area contributed by atoms with Crippen molar-refractivity contribution in [3.63, 3.8) is 0 Å². The summed E-state index contributed by atoms with van der Waals surface area (Å²) >= 11 is 5.89. The molecule has 2 aromatic carbocycles. The fraction of sp³-hybridized carbons (Fsp3) is 0.158. The molecule has 0 saturated heterocycles. The van der Waals surface area contributed by atoms with E-state index in [0.717, 1.165) is 0 Å². The van der Waals surface area contributed by atoms with Gasteiger partial charge in [0.25, 0.3) is 5.91 Å². The molecule has 142 valence electrons. The highest BCUT2D eigenvalue weighted by atomic mass is 35.5. The van der Waals surface area contributed by atoms with Gasteiger partial charge in [-0.3, -0.25) is 4.79 Å². The standard InChI is InChI=1S/C19H18ClNO6/c1-25-16-7-5-13(20)10-14(16)21-18(23)11-27-19(24)8-4-12-3-6-15(22)17(9-12)26-2/h3-10,22H,11H2,1-2H3,(H,21,23)/b8-4+. The Morgan fingerprint density at radius 3 is 2.56 bits per heavy atom. The van der Waals surface area contributed by atoms with Crippen LogP contribution in [0.3, 0.4) is 0 Å². The minimum atomic E-state index is -0.699. The fourth-order valence-electron chi connectivity index (χ4n) is 2.11. The van der Waals surface area contributed by atoms with Crippen LogP contribution in [-0.2, 0) is 14.3 Å². The second-order valence-corrected chi connectivity index (χ2v) is 5.70. The number of ether oxygens (including phenoxy) is 3. The largest absolute Gasteiger partial charge is 0.504 e. The first-order chi connectivity index (χ1) is 12.9. The predicted molar refractivity (Wildman–Crippen MR) is 101 cm³/mol. The van der Waals surface area contributed by atoms with Crippen LogP contribution < -0.4 is 14.8 Å². The molecule has 0 spiro atoms. The molecular weight excluding hydrogens is 374 g/mol. The van der Waals surface area contributed by atoms with Crippen molar-refractivity contribution in [1.29, 1.82) is 0 Å². The molecule has 0 radical (unpaired) electrons. The van der Waals surface area contributed by atoms with Gasteiger partial charge in [0.05, 0.1) is 19.9 Å². The molecule has 2 aromatic rings. The maximum absolute atomic E-state index is 11.9. The molecule has 0 saturated carbocycles. The van der Waals surface area contributed by atoms with Gasteiger partial charge in [0.15, 0.2) is 18.1 Å². The zero-order chi connectivity index (χ0) is 19.8. The summed E-state index contributed by atoms with van der Waals surface area (Å²) in [6.07, 6.45) is 2.64. The molecule has 0 aliphatic rings. The predicted octanol–water partition coefficient (Wildman–Crippen LogP) is 3.26. The quantitative estimate of drug-likeness (QED) is 0.555. The molecule has 0 fully saturated rings. The Kier molecular flexibility index (Phi) is 7.08. The van der Waals surface area contributed by atoms with Crippen LogP contribution in [0.4, 0.5) is 5.69 Å². The van der Waals surface area contributed by atoms with Gasteiger partial charge < -0.3 is 24.6 Å². The number of esters is 1. The number of hydrogen-bond donors (Lipinski definition) is 2. The summed E-state index contributed by atoms with van der Waals surface area (Å²) in [5, 5.41) is 12.5. The Labute approximate surface area is 161 Å². The van der Waals surface area contributed by atoms with E-state index in [1.165, 1.54) is 38.5 Å². The van der Waals surface area contributed by atoms with Crippen molar-refractivity contribution in [3.8, 4) is 17.2 Å². The van der Waals surface area contributed by atoms with Crippen molar-refractivity contribution >= 4 is 35.2 Å². The van der Waals surface area contributed by atoms with Gasteiger partial charge in [0.2, 0.25) is 0 Å². The molecular formula is C19H18ClNO6. The SMILES string of the molecule is COc1cc(/C=C/C(=O)OCC(=O)Nc2cc(Cl)ccc2OC)ccc1O. The highest BCUT2D eigenvalue weighted by molar-refractivity contribution is 6.31. The number of phenols is 1. The van der Waals surface area contributed by atoms with E-state index in [-0.39, 0.29) is 11.5 Å². The van der Waals surface area contributed by atoms with Crippen molar-refractivity contribution in [2.24, 2.45) is 0 Å². The number of anilines is 1. The molecule has 0 unspecified atom stereocenters. The molecule has 1 amide bonds. The first kappa shape index (κ1) is 20.1. The molecule has 0 aromatic heterocycles. The minimum absolute atomic E-state index is 0.00894. The summed E-state index contributed by atoms with van der Waals surface area (Å²) in [7, 11) is 2.88. The van der Waals surface area contributed by atoms with Crippen LogP contribution in [0.25, 0.3) is 6.08 Å². The average Bonchev–Trinajstić information content (AvgIpc) is 2.66. The van der Waals surface area contributed by atoms with Gasteiger partial charge in [-0.1, -0.05) is 17.7 Å². The third-order valence-corrected chi connectivity index (χ3v) is 3.63. The van der Waals surface area contributed by atoms with E-state index < -0.39 is 18.5 Å². The highest BCUT2D eigenvalue weighted by Crippen LogP contribution is 2.28. The van der Waals surface area contributed by atoms with Crippen LogP contribution >= 0.6 is 11.6 Å². The molecule has 27 heavy (non-hydrogen) atoms. The molecule has 2 N–H and O–H groups in total. The third-order valence-electron chi connectivity index (χ3n) is 3.40. The lowest BCUT2D eigenvalue weighted by molar-refractivity contribution is -0.142. The highest BCUT2D eigenvalue weighted by Gasteiger charge is 2.10. The number of benzene rings is 2. The smallest absolute Gasteiger partial charge is 0.331 e. The van der Waals surface area contributed by atoms with Gasteiger partial charge in [-0.05, 0) is 42.0 Å². The summed E-state index contributed by atoms with van der Waals surface area (Å²) < 4.78 is 15.0. The van der Waals surface area contributed by atoms with Crippen LogP contribution in [0.5, 0.6) is 17.2 Å². The molecule has 0 heterocycles. The third kappa shape index (κ3) is 5.93. The second-order valence-electron chi connectivity index (χ2n) is 5.27. The number of carbonyl (C=O) groups is 2. The van der Waals surface area contributed by atoms with Gasteiger partial charge >= 0.3 is 5.97 Å². The fourth-order valence-corrected chi connectivity index (χ4v) is 2.28. The van der Waals surface area contributed by atoms with Gasteiger partial charge in [-0.25, -0.2) is 4.79 Å². The van der Waals surface area contributed by atoms with Crippen molar-refractivity contribution in [2.75, 3.05) is 26.1 Å². The number of methoxy groups -OCH3 is 2. The number of hydrogen-bond acceptors (Lipinski definition) is 6. The van der Waals surface area contributed by atoms with E-state index in [0.29, 0.717) is 22.0 Å². The van der Waals surface area contributed by atoms with Crippen LogP contribution in [0, 0.1) is 0 Å². The van der Waals surface area contributed by atoms with E-state index in [1.807, 2.05) is 0 Å². The number of phenolic OH excluding ortho intramolecular Hbond substituents is 1. The maximum Gasteiger partial charge on any atom is 0.331 e. The molecule has 2 rings (SSSR count). The number of rotatable bonds is 7. The number of amides is 1. The van der Waals surface area contributed by atoms with E-state index in [9.17, 15) is 14.7 Å². The van der Waals surface area contributed by atoms with Gasteiger partial charge in [0.1, 0.15) is 5.75 Å². The maximum atomic E-state index is 11.9. The van der Waals surface area contributed by atoms with Crippen molar-refractivity contribution in [1.82, 2.24) is 0 Å². The van der Waals surface area contributed by atoms with Crippen LogP contribution in [0.2, 0.25) is 5.02 Å². The lowest BCUT2D eigenvalue weighted by Gasteiger charge is -2.10. The van der Waals surface area contributed by atoms with E-state index in [4.69, 9.17) is 25.8 Å². The Hall–Kier alpha value is -3.19. The van der Waals surface area contributed by atoms with Gasteiger partial charge in [0, 0.05) is 11.1 Å². The molecule has 0 atom stereocenters. The summed E-state index contributed by atoms with van der Waals surface area (Å²) in [5.74, 6) is -0.537. The van der Waals surface area contributed by atoms with Crippen molar-refractivity contribution in [2.45, 2.75) is 0 Å². The Balaban J connectivity index is 1.90. The molecule has 0 aliphatic carbocycles. The van der Waals surface area contributed by atoms with E-state index in [2.05, 4.69) is 5.32 Å². The Morgan fingerprint density at radius 1 is 1.11 bits per heavy atom. The number of aromatic hydroxyl groups is 1. The van der Waals surface area contributed by atoms with Gasteiger partial charge in [-0.15, -0.1) is 0 Å². The van der Waals surface area contributed by atoms with Crippen LogP contribution in [-0.4, -0.2) is 37.8 Å². The first-order valence-corrected chi connectivity index (χ1v) is 8.16. The first-order valence-electron chi connectivity index (χ1n) is 7.78. The van der Waals surface area contributed by atoms with Crippen molar-refractivity contribution in [3.05, 3.63) is 53.1 Å². The van der Waals surface area contributed by atoms with Crippen LogP contribution in [0.15, 0.2) is 42.5 Å². The lowest BCUT2D eigenvalue weighted by Crippen LogP contribution is -2.20. The Bertz CT molecular complexity index is 865. The molecule has 0 bridgehead atoms. The normalized spacial score (nSPS) is 10.5. The zero-order valence-corrected chi connectivity index (χ0v) is 15.4. The molecule has 8 heteroatoms. The summed E-state index contributed by atoms with van der Waals surface area (Å²) in [4.78, 5) is 23.7. The topological polar surface area (TPSA) is 94.1 Å². The monoisotopic (exact) mass is 391 g/mol. The molecule has 0 aliphatic heterocycles. The number of nitrogens with one attached hydrogen (secondary N) is 1. The van der Waals surface area contributed by atoms with Gasteiger partial charge in [-0.2, -0.15) is 0 Å².